The van der Waals surface area contributed by atoms with Gasteiger partial charge in [-0.3, -0.25) is 0 Å². The molecule has 0 heterocycles. The second-order valence-electron chi connectivity index (χ2n) is 4.00. The predicted molar refractivity (Wildman–Crippen MR) is 74.2 cm³/mol. The Morgan fingerprint density at radius 2 is 1.65 bits per heavy atom. The van der Waals surface area contributed by atoms with Crippen LogP contribution in [0.5, 0.6) is 0 Å². The van der Waals surface area contributed by atoms with E-state index in [1.165, 1.54) is 12.1 Å². The van der Waals surface area contributed by atoms with Gasteiger partial charge in [-0.25, -0.2) is 8.42 Å². The fraction of sp³-hybridized carbons (Fsp3) is 0. The van der Waals surface area contributed by atoms with Crippen molar-refractivity contribution in [2.45, 2.75) is 4.90 Å². The SMILES string of the molecule is Nc1ccc(/C=C/c2ccccc2)c(S(=O)(=O)[O-])c1.[Na+]. The third-order valence-electron chi connectivity index (χ3n) is 2.56. The monoisotopic (exact) mass is 297 g/mol. The molecule has 0 spiro atoms. The molecule has 0 saturated carbocycles. The van der Waals surface area contributed by atoms with E-state index in [1.807, 2.05) is 30.3 Å². The minimum atomic E-state index is -4.54. The quantitative estimate of drug-likeness (QED) is 0.353. The Labute approximate surface area is 140 Å². The number of hydrogen-bond acceptors (Lipinski definition) is 4. The van der Waals surface area contributed by atoms with Crippen LogP contribution in [-0.2, 0) is 10.1 Å². The standard InChI is InChI=1S/C14H13NO3S.Na/c15-13-9-8-12(14(10-13)19(16,17)18)7-6-11-4-2-1-3-5-11;/h1-10H,15H2,(H,16,17,18);/q;+1/p-1/b7-6+;. The van der Waals surface area contributed by atoms with Crippen LogP contribution in [0, 0.1) is 0 Å². The van der Waals surface area contributed by atoms with Gasteiger partial charge in [0, 0.05) is 5.69 Å². The molecule has 0 aliphatic carbocycles. The van der Waals surface area contributed by atoms with E-state index in [0.29, 0.717) is 5.56 Å². The number of anilines is 1. The van der Waals surface area contributed by atoms with E-state index in [2.05, 4.69) is 0 Å². The van der Waals surface area contributed by atoms with E-state index >= 15 is 0 Å². The summed E-state index contributed by atoms with van der Waals surface area (Å²) in [6, 6.07) is 13.6. The summed E-state index contributed by atoms with van der Waals surface area (Å²) in [7, 11) is -4.54. The molecule has 2 N–H and O–H groups in total. The number of nitrogen functional groups attached to an aromatic ring is 1. The second-order valence-corrected chi connectivity index (χ2v) is 5.34. The van der Waals surface area contributed by atoms with Crippen molar-refractivity contribution >= 4 is 28.0 Å². The summed E-state index contributed by atoms with van der Waals surface area (Å²) in [6.07, 6.45) is 3.32. The topological polar surface area (TPSA) is 83.2 Å². The number of rotatable bonds is 3. The van der Waals surface area contributed by atoms with E-state index in [-0.39, 0.29) is 40.1 Å². The first kappa shape index (κ1) is 16.9. The molecular formula is C14H12NNaO3S. The Hall–Kier alpha value is -1.11. The molecule has 0 radical (unpaired) electrons. The average molecular weight is 297 g/mol. The summed E-state index contributed by atoms with van der Waals surface area (Å²) in [5.74, 6) is 0. The number of nitrogens with two attached hydrogens (primary N) is 1. The van der Waals surface area contributed by atoms with Crippen molar-refractivity contribution in [3.8, 4) is 0 Å². The van der Waals surface area contributed by atoms with Gasteiger partial charge in [-0.05, 0) is 23.3 Å². The zero-order valence-electron chi connectivity index (χ0n) is 11.0. The normalized spacial score (nSPS) is 11.2. The van der Waals surface area contributed by atoms with Gasteiger partial charge in [-0.1, -0.05) is 48.6 Å². The van der Waals surface area contributed by atoms with Gasteiger partial charge in [0.1, 0.15) is 10.1 Å². The molecule has 6 heteroatoms. The van der Waals surface area contributed by atoms with E-state index in [4.69, 9.17) is 5.73 Å². The van der Waals surface area contributed by atoms with Crippen LogP contribution >= 0.6 is 0 Å². The molecule has 2 aromatic carbocycles. The Morgan fingerprint density at radius 3 is 2.25 bits per heavy atom. The van der Waals surface area contributed by atoms with Crippen LogP contribution in [0.2, 0.25) is 0 Å². The fourth-order valence-electron chi connectivity index (χ4n) is 1.66. The molecule has 2 rings (SSSR count). The average Bonchev–Trinajstić information content (AvgIpc) is 2.37. The van der Waals surface area contributed by atoms with Gasteiger partial charge in [0.15, 0.2) is 0 Å². The molecule has 2 aromatic rings. The van der Waals surface area contributed by atoms with Gasteiger partial charge >= 0.3 is 29.6 Å². The van der Waals surface area contributed by atoms with E-state index in [1.54, 1.807) is 18.2 Å². The first-order valence-corrected chi connectivity index (χ1v) is 6.96. The van der Waals surface area contributed by atoms with Gasteiger partial charge in [-0.2, -0.15) is 0 Å². The zero-order chi connectivity index (χ0) is 13.9. The third kappa shape index (κ3) is 4.47. The van der Waals surface area contributed by atoms with Gasteiger partial charge in [0.05, 0.1) is 4.90 Å². The van der Waals surface area contributed by atoms with Crippen molar-refractivity contribution in [1.29, 1.82) is 0 Å². The predicted octanol–water partition coefficient (Wildman–Crippen LogP) is -0.653. The summed E-state index contributed by atoms with van der Waals surface area (Å²) >= 11 is 0. The maximum atomic E-state index is 11.2. The van der Waals surface area contributed by atoms with E-state index in [9.17, 15) is 13.0 Å². The molecule has 0 aliphatic rings. The third-order valence-corrected chi connectivity index (χ3v) is 3.45. The van der Waals surface area contributed by atoms with Crippen LogP contribution < -0.4 is 35.3 Å². The Kier molecular flexibility index (Phi) is 5.98. The zero-order valence-corrected chi connectivity index (χ0v) is 13.8. The summed E-state index contributed by atoms with van der Waals surface area (Å²) < 4.78 is 33.5. The minimum Gasteiger partial charge on any atom is -0.744 e. The number of benzene rings is 2. The number of hydrogen-bond donors (Lipinski definition) is 1. The summed E-state index contributed by atoms with van der Waals surface area (Å²) in [5.41, 5.74) is 6.98. The van der Waals surface area contributed by atoms with Crippen molar-refractivity contribution in [3.63, 3.8) is 0 Å². The molecule has 0 aliphatic heterocycles. The first-order valence-electron chi connectivity index (χ1n) is 5.55. The molecule has 0 aromatic heterocycles. The van der Waals surface area contributed by atoms with E-state index in [0.717, 1.165) is 5.56 Å². The maximum Gasteiger partial charge on any atom is 1.00 e. The molecule has 20 heavy (non-hydrogen) atoms. The molecule has 0 bridgehead atoms. The second kappa shape index (κ2) is 7.06. The van der Waals surface area contributed by atoms with Crippen molar-refractivity contribution in [2.24, 2.45) is 0 Å². The smallest absolute Gasteiger partial charge is 0.744 e. The molecule has 98 valence electrons. The van der Waals surface area contributed by atoms with Crippen LogP contribution in [0.25, 0.3) is 12.2 Å². The van der Waals surface area contributed by atoms with E-state index < -0.39 is 10.1 Å². The Morgan fingerprint density at radius 1 is 1.00 bits per heavy atom. The molecule has 4 nitrogen and oxygen atoms in total. The maximum absolute atomic E-state index is 11.2. The Bertz CT molecular complexity index is 712. The minimum absolute atomic E-state index is 0. The van der Waals surface area contributed by atoms with Crippen LogP contribution in [0.15, 0.2) is 53.4 Å². The van der Waals surface area contributed by atoms with Gasteiger partial charge in [0.2, 0.25) is 0 Å². The van der Waals surface area contributed by atoms with Crippen LogP contribution in [0.4, 0.5) is 5.69 Å². The van der Waals surface area contributed by atoms with Crippen LogP contribution in [0.1, 0.15) is 11.1 Å². The van der Waals surface area contributed by atoms with Crippen LogP contribution in [0.3, 0.4) is 0 Å². The summed E-state index contributed by atoms with van der Waals surface area (Å²) in [6.45, 7) is 0. The van der Waals surface area contributed by atoms with Gasteiger partial charge < -0.3 is 10.3 Å². The molecular weight excluding hydrogens is 285 g/mol. The summed E-state index contributed by atoms with van der Waals surface area (Å²) in [4.78, 5) is -0.306. The van der Waals surface area contributed by atoms with Crippen molar-refractivity contribution < 1.29 is 42.5 Å². The molecule has 0 saturated heterocycles. The molecule has 0 unspecified atom stereocenters. The van der Waals surface area contributed by atoms with Crippen molar-refractivity contribution in [1.82, 2.24) is 0 Å². The van der Waals surface area contributed by atoms with Gasteiger partial charge in [-0.15, -0.1) is 0 Å². The van der Waals surface area contributed by atoms with Gasteiger partial charge in [0.25, 0.3) is 0 Å². The largest absolute Gasteiger partial charge is 1.00 e. The molecule has 0 atom stereocenters. The molecule has 0 amide bonds. The first-order chi connectivity index (χ1) is 8.97. The van der Waals surface area contributed by atoms with Crippen molar-refractivity contribution in [2.75, 3.05) is 5.73 Å². The Balaban J connectivity index is 0.00000200. The summed E-state index contributed by atoms with van der Waals surface area (Å²) in [5, 5.41) is 0. The van der Waals surface area contributed by atoms with Crippen molar-refractivity contribution in [3.05, 3.63) is 59.7 Å². The fourth-order valence-corrected chi connectivity index (χ4v) is 2.36. The van der Waals surface area contributed by atoms with Crippen LogP contribution in [-0.4, -0.2) is 13.0 Å². The molecule has 0 fully saturated rings.